The van der Waals surface area contributed by atoms with E-state index in [9.17, 15) is 27.6 Å². The summed E-state index contributed by atoms with van der Waals surface area (Å²) in [6, 6.07) is 10.4. The van der Waals surface area contributed by atoms with Crippen LogP contribution in [0.15, 0.2) is 48.5 Å². The minimum absolute atomic E-state index is 0.0480. The van der Waals surface area contributed by atoms with Crippen molar-refractivity contribution in [1.82, 2.24) is 9.80 Å². The lowest BCUT2D eigenvalue weighted by atomic mass is 10.1. The highest BCUT2D eigenvalue weighted by atomic mass is 19.4. The number of carbonyl (C=O) groups excluding carboxylic acids is 3. The Hall–Kier alpha value is -4.07. The molecule has 4 amide bonds. The Bertz CT molecular complexity index is 1230. The summed E-state index contributed by atoms with van der Waals surface area (Å²) in [6.45, 7) is 0.217. The Balaban J connectivity index is 1.37. The molecule has 3 aliphatic rings. The zero-order chi connectivity index (χ0) is 24.2. The predicted octanol–water partition coefficient (Wildman–Crippen LogP) is 3.51. The number of nitrogens with zero attached hydrogens (tertiary/aromatic N) is 4. The van der Waals surface area contributed by atoms with Gasteiger partial charge in [-0.1, -0.05) is 30.3 Å². The van der Waals surface area contributed by atoms with Gasteiger partial charge in [-0.3, -0.25) is 4.79 Å². The first-order chi connectivity index (χ1) is 16.2. The van der Waals surface area contributed by atoms with Crippen LogP contribution in [0.25, 0.3) is 0 Å². The second-order valence-corrected chi connectivity index (χ2v) is 8.30. The molecule has 0 saturated carbocycles. The fourth-order valence-electron chi connectivity index (χ4n) is 4.91. The van der Waals surface area contributed by atoms with Gasteiger partial charge in [-0.15, -0.1) is 0 Å². The lowest BCUT2D eigenvalue weighted by Gasteiger charge is -2.34. The molecule has 0 spiro atoms. The second kappa shape index (κ2) is 7.76. The first kappa shape index (κ1) is 21.8. The van der Waals surface area contributed by atoms with Crippen molar-refractivity contribution in [2.45, 2.75) is 37.3 Å². The molecule has 3 saturated heterocycles. The Morgan fingerprint density at radius 1 is 1.15 bits per heavy atom. The summed E-state index contributed by atoms with van der Waals surface area (Å²) in [6.07, 6.45) is -5.06. The van der Waals surface area contributed by atoms with Gasteiger partial charge in [0.1, 0.15) is 12.6 Å². The number of imide groups is 1. The van der Waals surface area contributed by atoms with Crippen molar-refractivity contribution in [3.8, 4) is 6.07 Å². The number of urea groups is 1. The molecular formula is C23H17F3N4O4. The number of rotatable bonds is 3. The number of amides is 4. The number of carbonyl (C=O) groups is 3. The molecule has 0 N–H and O–H groups in total. The maximum atomic E-state index is 13.4. The van der Waals surface area contributed by atoms with Crippen LogP contribution in [0.1, 0.15) is 23.1 Å². The van der Waals surface area contributed by atoms with Gasteiger partial charge in [0.05, 0.1) is 35.0 Å². The Labute approximate surface area is 191 Å². The predicted molar refractivity (Wildman–Crippen MR) is 110 cm³/mol. The average Bonchev–Trinajstić information content (AvgIpc) is 3.48. The number of nitriles is 1. The van der Waals surface area contributed by atoms with Gasteiger partial charge in [-0.25, -0.2) is 14.5 Å². The van der Waals surface area contributed by atoms with Crippen molar-refractivity contribution in [2.24, 2.45) is 0 Å². The Morgan fingerprint density at radius 3 is 2.56 bits per heavy atom. The number of benzene rings is 2. The molecule has 0 aromatic heterocycles. The Kier molecular flexibility index (Phi) is 4.97. The summed E-state index contributed by atoms with van der Waals surface area (Å²) in [4.78, 5) is 42.3. The largest absolute Gasteiger partial charge is 0.445 e. The van der Waals surface area contributed by atoms with Crippen molar-refractivity contribution in [3.63, 3.8) is 0 Å². The molecule has 3 atom stereocenters. The van der Waals surface area contributed by atoms with Crippen LogP contribution in [0.2, 0.25) is 0 Å². The molecule has 2 bridgehead atoms. The summed E-state index contributed by atoms with van der Waals surface area (Å²) in [7, 11) is 0. The highest BCUT2D eigenvalue weighted by molar-refractivity contribution is 6.22. The third-order valence-electron chi connectivity index (χ3n) is 6.39. The number of ether oxygens (including phenoxy) is 1. The zero-order valence-electron chi connectivity index (χ0n) is 17.5. The summed E-state index contributed by atoms with van der Waals surface area (Å²) >= 11 is 0. The quantitative estimate of drug-likeness (QED) is 0.640. The topological polar surface area (TPSA) is 93.9 Å². The van der Waals surface area contributed by atoms with Gasteiger partial charge >= 0.3 is 18.3 Å². The monoisotopic (exact) mass is 470 g/mol. The third kappa shape index (κ3) is 3.34. The van der Waals surface area contributed by atoms with Gasteiger partial charge in [0.2, 0.25) is 0 Å². The molecule has 0 unspecified atom stereocenters. The number of alkyl halides is 3. The van der Waals surface area contributed by atoms with Crippen molar-refractivity contribution in [3.05, 3.63) is 65.2 Å². The molecule has 174 valence electrons. The maximum Gasteiger partial charge on any atom is 0.417 e. The SMILES string of the molecule is N#Cc1ccc(N2C(=O)[C@H]3[C@@H]4C[C@@H](CN4C(=O)OCc4ccccc4)N3C2=O)cc1C(F)(F)F. The molecule has 34 heavy (non-hydrogen) atoms. The van der Waals surface area contributed by atoms with Crippen LogP contribution in [-0.4, -0.2) is 52.5 Å². The number of halogens is 3. The smallest absolute Gasteiger partial charge is 0.417 e. The minimum atomic E-state index is -4.83. The Morgan fingerprint density at radius 2 is 1.88 bits per heavy atom. The van der Waals surface area contributed by atoms with Gasteiger partial charge in [0, 0.05) is 6.54 Å². The van der Waals surface area contributed by atoms with Gasteiger partial charge in [-0.05, 0) is 30.2 Å². The summed E-state index contributed by atoms with van der Waals surface area (Å²) in [5.74, 6) is -0.712. The normalized spacial score (nSPS) is 23.4. The second-order valence-electron chi connectivity index (χ2n) is 8.30. The third-order valence-corrected chi connectivity index (χ3v) is 6.39. The van der Waals surface area contributed by atoms with Crippen LogP contribution >= 0.6 is 0 Å². The molecule has 11 heteroatoms. The molecule has 3 fully saturated rings. The number of hydrogen-bond acceptors (Lipinski definition) is 5. The maximum absolute atomic E-state index is 13.4. The van der Waals surface area contributed by atoms with E-state index in [1.807, 2.05) is 18.2 Å². The van der Waals surface area contributed by atoms with Crippen LogP contribution in [0.4, 0.5) is 28.4 Å². The lowest BCUT2D eigenvalue weighted by molar-refractivity contribution is -0.137. The summed E-state index contributed by atoms with van der Waals surface area (Å²) < 4.78 is 45.5. The van der Waals surface area contributed by atoms with Gasteiger partial charge in [-0.2, -0.15) is 18.4 Å². The molecule has 3 aliphatic heterocycles. The number of anilines is 1. The standard InChI is InChI=1S/C23H17F3N4O4/c24-23(25,26)17-8-15(7-6-14(17)10-27)30-20(31)19-18-9-16(29(19)21(30)32)11-28(18)22(33)34-12-13-4-2-1-3-5-13/h1-8,16,18-19H,9,11-12H2/t16-,18-,19+/m0/s1. The fraction of sp³-hybridized carbons (Fsp3) is 0.304. The van der Waals surface area contributed by atoms with E-state index in [-0.39, 0.29) is 18.8 Å². The van der Waals surface area contributed by atoms with E-state index >= 15 is 0 Å². The van der Waals surface area contributed by atoms with E-state index in [4.69, 9.17) is 10.00 Å². The molecule has 3 heterocycles. The molecule has 8 nitrogen and oxygen atoms in total. The van der Waals surface area contributed by atoms with Crippen molar-refractivity contribution in [2.75, 3.05) is 11.4 Å². The average molecular weight is 470 g/mol. The summed E-state index contributed by atoms with van der Waals surface area (Å²) in [5, 5.41) is 8.99. The van der Waals surface area contributed by atoms with E-state index in [1.54, 1.807) is 12.1 Å². The minimum Gasteiger partial charge on any atom is -0.445 e. The first-order valence-corrected chi connectivity index (χ1v) is 10.5. The zero-order valence-corrected chi connectivity index (χ0v) is 17.5. The van der Waals surface area contributed by atoms with Gasteiger partial charge < -0.3 is 14.5 Å². The van der Waals surface area contributed by atoms with E-state index in [0.29, 0.717) is 17.4 Å². The number of likely N-dealkylation sites (tertiary alicyclic amines) is 1. The highest BCUT2D eigenvalue weighted by Gasteiger charge is 2.63. The number of hydrogen-bond donors (Lipinski definition) is 0. The van der Waals surface area contributed by atoms with Crippen LogP contribution in [-0.2, 0) is 22.3 Å². The summed E-state index contributed by atoms with van der Waals surface area (Å²) in [5.41, 5.74) is -1.31. The fourth-order valence-corrected chi connectivity index (χ4v) is 4.91. The van der Waals surface area contributed by atoms with Crippen molar-refractivity contribution in [1.29, 1.82) is 5.26 Å². The van der Waals surface area contributed by atoms with E-state index in [1.165, 1.54) is 15.9 Å². The number of fused-ring (bicyclic) bond motifs is 5. The highest BCUT2D eigenvalue weighted by Crippen LogP contribution is 2.43. The van der Waals surface area contributed by atoms with E-state index in [0.717, 1.165) is 17.7 Å². The van der Waals surface area contributed by atoms with E-state index in [2.05, 4.69) is 0 Å². The van der Waals surface area contributed by atoms with Gasteiger partial charge in [0.15, 0.2) is 0 Å². The molecule has 5 rings (SSSR count). The molecule has 0 aliphatic carbocycles. The molecule has 0 radical (unpaired) electrons. The first-order valence-electron chi connectivity index (χ1n) is 10.5. The molecule has 2 aromatic carbocycles. The van der Waals surface area contributed by atoms with Crippen LogP contribution < -0.4 is 4.90 Å². The van der Waals surface area contributed by atoms with Gasteiger partial charge in [0.25, 0.3) is 5.91 Å². The van der Waals surface area contributed by atoms with Crippen molar-refractivity contribution >= 4 is 23.7 Å². The van der Waals surface area contributed by atoms with Crippen LogP contribution in [0.5, 0.6) is 0 Å². The molecule has 2 aromatic rings. The lowest BCUT2D eigenvalue weighted by Crippen LogP contribution is -2.54. The van der Waals surface area contributed by atoms with Crippen LogP contribution in [0, 0.1) is 11.3 Å². The van der Waals surface area contributed by atoms with Crippen molar-refractivity contribution < 1.29 is 32.3 Å². The van der Waals surface area contributed by atoms with Crippen LogP contribution in [0.3, 0.4) is 0 Å². The van der Waals surface area contributed by atoms with E-state index < -0.39 is 53.5 Å². The molecular weight excluding hydrogens is 453 g/mol. The number of piperazine rings is 1.